The molecule has 0 aromatic carbocycles. The number of hydrogen-bond acceptors (Lipinski definition) is 7. The van der Waals surface area contributed by atoms with Gasteiger partial charge in [-0.15, -0.1) is 0 Å². The highest BCUT2D eigenvalue weighted by Crippen LogP contribution is 2.73. The van der Waals surface area contributed by atoms with Crippen LogP contribution < -0.4 is 0 Å². The molecule has 2 aliphatic heterocycles. The summed E-state index contributed by atoms with van der Waals surface area (Å²) in [6.07, 6.45) is -1.36. The second-order valence-electron chi connectivity index (χ2n) is 9.15. The first-order chi connectivity index (χ1) is 12.6. The highest BCUT2D eigenvalue weighted by atomic mass is 16.6. The summed E-state index contributed by atoms with van der Waals surface area (Å²) in [4.78, 5) is 24.8. The molecule has 2 saturated carbocycles. The van der Waals surface area contributed by atoms with Gasteiger partial charge in [-0.05, 0) is 30.9 Å². The van der Waals surface area contributed by atoms with E-state index in [4.69, 9.17) is 9.47 Å². The number of aliphatic hydroxyl groups is 3. The molecule has 3 N–H and O–H groups in total. The number of ketones is 1. The van der Waals surface area contributed by atoms with Crippen LogP contribution in [0.2, 0.25) is 0 Å². The van der Waals surface area contributed by atoms with Gasteiger partial charge in [-0.3, -0.25) is 9.59 Å². The summed E-state index contributed by atoms with van der Waals surface area (Å²) < 4.78 is 11.5. The molecule has 7 heteroatoms. The molecule has 2 saturated heterocycles. The van der Waals surface area contributed by atoms with E-state index in [0.717, 1.165) is 5.57 Å². The maximum atomic E-state index is 12.5. The highest BCUT2D eigenvalue weighted by molar-refractivity contribution is 5.96. The number of aliphatic hydroxyl groups excluding tert-OH is 2. The normalized spacial score (nSPS) is 56.2. The Morgan fingerprint density at radius 2 is 1.93 bits per heavy atom. The maximum Gasteiger partial charge on any atom is 0.306 e. The fourth-order valence-electron chi connectivity index (χ4n) is 7.14. The fourth-order valence-corrected chi connectivity index (χ4v) is 7.14. The van der Waals surface area contributed by atoms with Crippen LogP contribution in [0, 0.1) is 28.6 Å². The third-order valence-corrected chi connectivity index (χ3v) is 8.19. The molecule has 27 heavy (non-hydrogen) atoms. The lowest BCUT2D eigenvalue weighted by molar-refractivity contribution is -0.305. The smallest absolute Gasteiger partial charge is 0.306 e. The molecule has 0 aromatic rings. The third kappa shape index (κ3) is 1.69. The monoisotopic (exact) mass is 376 g/mol. The minimum Gasteiger partial charge on any atom is -0.462 e. The molecule has 1 spiro atoms. The van der Waals surface area contributed by atoms with E-state index >= 15 is 0 Å². The standard InChI is InChI=1S/C20H24O7/c1-8-4-12(21)16(24)18(3)10(8)5-13-19-7-26-20(25,17(18)19)15(23)9(2)11(19)6-14(22)27-13/h4,10-11,13,15-17,23-25H,2,5-7H2,1,3H3/t10-,11-,13+,15+,16+,17+,18+,19-,20+/m0/s1. The summed E-state index contributed by atoms with van der Waals surface area (Å²) in [5.41, 5.74) is -0.730. The second-order valence-corrected chi connectivity index (χ2v) is 9.15. The van der Waals surface area contributed by atoms with Crippen molar-refractivity contribution in [3.63, 3.8) is 0 Å². The van der Waals surface area contributed by atoms with Crippen molar-refractivity contribution in [1.82, 2.24) is 0 Å². The maximum absolute atomic E-state index is 12.5. The van der Waals surface area contributed by atoms with Gasteiger partial charge in [-0.2, -0.15) is 0 Å². The van der Waals surface area contributed by atoms with E-state index in [9.17, 15) is 24.9 Å². The lowest BCUT2D eigenvalue weighted by atomic mass is 9.39. The summed E-state index contributed by atoms with van der Waals surface area (Å²) >= 11 is 0. The van der Waals surface area contributed by atoms with Crippen molar-refractivity contribution in [2.45, 2.75) is 50.8 Å². The van der Waals surface area contributed by atoms with Gasteiger partial charge in [0.15, 0.2) is 11.6 Å². The zero-order chi connectivity index (χ0) is 19.5. The summed E-state index contributed by atoms with van der Waals surface area (Å²) in [5.74, 6) is -4.25. The van der Waals surface area contributed by atoms with E-state index in [1.54, 1.807) is 6.92 Å². The van der Waals surface area contributed by atoms with E-state index in [1.165, 1.54) is 6.08 Å². The van der Waals surface area contributed by atoms with Crippen molar-refractivity contribution in [3.8, 4) is 0 Å². The van der Waals surface area contributed by atoms with Crippen molar-refractivity contribution in [1.29, 1.82) is 0 Å². The fraction of sp³-hybridized carbons (Fsp3) is 0.700. The number of fused-ring (bicyclic) bond motifs is 1. The Hall–Kier alpha value is -1.54. The van der Waals surface area contributed by atoms with E-state index < -0.39 is 52.5 Å². The van der Waals surface area contributed by atoms with Crippen molar-refractivity contribution < 1.29 is 34.4 Å². The Morgan fingerprint density at radius 3 is 2.63 bits per heavy atom. The predicted molar refractivity (Wildman–Crippen MR) is 90.9 cm³/mol. The molecule has 0 radical (unpaired) electrons. The van der Waals surface area contributed by atoms with Gasteiger partial charge in [-0.25, -0.2) is 0 Å². The summed E-state index contributed by atoms with van der Waals surface area (Å²) in [7, 11) is 0. The number of ether oxygens (including phenoxy) is 2. The van der Waals surface area contributed by atoms with E-state index in [-0.39, 0.29) is 24.9 Å². The Balaban J connectivity index is 1.79. The van der Waals surface area contributed by atoms with Gasteiger partial charge < -0.3 is 24.8 Å². The molecule has 3 aliphatic carbocycles. The number of esters is 1. The van der Waals surface area contributed by atoms with Gasteiger partial charge in [0.05, 0.1) is 13.0 Å². The first-order valence-electron chi connectivity index (χ1n) is 9.41. The molecule has 5 aliphatic rings. The number of allylic oxidation sites excluding steroid dienone is 1. The van der Waals surface area contributed by atoms with Crippen LogP contribution in [-0.2, 0) is 19.1 Å². The molecular weight excluding hydrogens is 352 g/mol. The van der Waals surface area contributed by atoms with E-state index in [2.05, 4.69) is 6.58 Å². The molecular formula is C20H24O7. The van der Waals surface area contributed by atoms with Crippen LogP contribution in [-0.4, -0.2) is 57.8 Å². The largest absolute Gasteiger partial charge is 0.462 e. The van der Waals surface area contributed by atoms with Crippen LogP contribution in [0.4, 0.5) is 0 Å². The molecule has 2 heterocycles. The predicted octanol–water partition coefficient (Wildman–Crippen LogP) is 0.0863. The highest BCUT2D eigenvalue weighted by Gasteiger charge is 2.81. The average Bonchev–Trinajstić information content (AvgIpc) is 2.90. The lowest BCUT2D eigenvalue weighted by Gasteiger charge is -2.66. The zero-order valence-electron chi connectivity index (χ0n) is 15.3. The van der Waals surface area contributed by atoms with Crippen LogP contribution in [0.3, 0.4) is 0 Å². The molecule has 9 atom stereocenters. The number of rotatable bonds is 0. The SMILES string of the molecule is C=C1[C@@H](O)[C@@]2(O)OC[C@@]34[C@H]2[C@@]2(C)[C@H](O)C(=O)C=C(C)[C@@H]2C[C@H]3OC(=O)C[C@@H]14. The zero-order valence-corrected chi connectivity index (χ0v) is 15.3. The number of carbonyl (C=O) groups is 2. The molecule has 0 amide bonds. The van der Waals surface area contributed by atoms with Gasteiger partial charge in [-0.1, -0.05) is 19.1 Å². The molecule has 146 valence electrons. The van der Waals surface area contributed by atoms with Crippen molar-refractivity contribution in [2.24, 2.45) is 28.6 Å². The van der Waals surface area contributed by atoms with Crippen LogP contribution in [0.1, 0.15) is 26.7 Å². The minimum absolute atomic E-state index is 0.0436. The van der Waals surface area contributed by atoms with Crippen LogP contribution in [0.25, 0.3) is 0 Å². The molecule has 0 unspecified atom stereocenters. The Kier molecular flexibility index (Phi) is 3.18. The topological polar surface area (TPSA) is 113 Å². The quantitative estimate of drug-likeness (QED) is 0.405. The minimum atomic E-state index is -1.98. The summed E-state index contributed by atoms with van der Waals surface area (Å²) in [5, 5.41) is 33.3. The van der Waals surface area contributed by atoms with E-state index in [1.807, 2.05) is 6.92 Å². The Morgan fingerprint density at radius 1 is 1.22 bits per heavy atom. The lowest BCUT2D eigenvalue weighted by Crippen LogP contribution is -2.74. The van der Waals surface area contributed by atoms with Gasteiger partial charge in [0.2, 0.25) is 0 Å². The first-order valence-corrected chi connectivity index (χ1v) is 9.41. The second kappa shape index (κ2) is 4.89. The Labute approximate surface area is 156 Å². The van der Waals surface area contributed by atoms with Crippen LogP contribution >= 0.6 is 0 Å². The van der Waals surface area contributed by atoms with Crippen molar-refractivity contribution in [2.75, 3.05) is 6.61 Å². The van der Waals surface area contributed by atoms with Crippen molar-refractivity contribution >= 4 is 11.8 Å². The summed E-state index contributed by atoms with van der Waals surface area (Å²) in [6, 6.07) is 0. The van der Waals surface area contributed by atoms with Gasteiger partial charge >= 0.3 is 5.97 Å². The average molecular weight is 376 g/mol. The van der Waals surface area contributed by atoms with Gasteiger partial charge in [0.1, 0.15) is 18.3 Å². The molecule has 4 fully saturated rings. The van der Waals surface area contributed by atoms with Gasteiger partial charge in [0.25, 0.3) is 0 Å². The summed E-state index contributed by atoms with van der Waals surface area (Å²) in [6.45, 7) is 7.64. The molecule has 2 bridgehead atoms. The molecule has 0 aromatic heterocycles. The molecule has 7 nitrogen and oxygen atoms in total. The van der Waals surface area contributed by atoms with Gasteiger partial charge in [0, 0.05) is 22.7 Å². The van der Waals surface area contributed by atoms with Crippen molar-refractivity contribution in [3.05, 3.63) is 23.8 Å². The molecule has 5 rings (SSSR count). The number of carbonyl (C=O) groups excluding carboxylic acids is 2. The van der Waals surface area contributed by atoms with E-state index in [0.29, 0.717) is 12.0 Å². The van der Waals surface area contributed by atoms with Crippen LogP contribution in [0.5, 0.6) is 0 Å². The van der Waals surface area contributed by atoms with Crippen LogP contribution in [0.15, 0.2) is 23.8 Å². The number of hydrogen-bond donors (Lipinski definition) is 3. The Bertz CT molecular complexity index is 817. The third-order valence-electron chi connectivity index (χ3n) is 8.19. The first kappa shape index (κ1) is 17.6.